The standard InChI is InChI=1S/C25H33N3O3/c1-3-15-30-18-22(29)16-28(21-9-10-21)17-23-24(20-7-5-4-6-8-20)26-31-25(23)27-13-11-19(2)12-14-27/h1,4-8,19,21-22,29H,9-18H2,2H3. The van der Waals surface area contributed by atoms with Crippen LogP contribution in [0.25, 0.3) is 11.3 Å². The van der Waals surface area contributed by atoms with E-state index in [2.05, 4.69) is 39.9 Å². The van der Waals surface area contributed by atoms with E-state index in [-0.39, 0.29) is 13.2 Å². The van der Waals surface area contributed by atoms with E-state index in [9.17, 15) is 5.11 Å². The molecule has 0 amide bonds. The van der Waals surface area contributed by atoms with Crippen LogP contribution in [0.3, 0.4) is 0 Å². The number of piperidine rings is 1. The first-order chi connectivity index (χ1) is 15.2. The molecular weight excluding hydrogens is 390 g/mol. The number of aliphatic hydroxyl groups excluding tert-OH is 1. The number of benzene rings is 1. The Morgan fingerprint density at radius 3 is 2.68 bits per heavy atom. The van der Waals surface area contributed by atoms with Crippen LogP contribution in [0.1, 0.15) is 38.2 Å². The topological polar surface area (TPSA) is 62.0 Å². The van der Waals surface area contributed by atoms with Crippen LogP contribution in [-0.4, -0.2) is 60.2 Å². The molecule has 4 rings (SSSR count). The lowest BCUT2D eigenvalue weighted by atomic mass is 9.98. The molecule has 1 aromatic heterocycles. The molecule has 2 aliphatic rings. The van der Waals surface area contributed by atoms with E-state index < -0.39 is 6.10 Å². The SMILES string of the molecule is C#CCOCC(O)CN(Cc1c(-c2ccccc2)noc1N1CCC(C)CC1)C1CC1. The van der Waals surface area contributed by atoms with Crippen molar-refractivity contribution in [1.29, 1.82) is 0 Å². The molecule has 6 heteroatoms. The van der Waals surface area contributed by atoms with Crippen LogP contribution in [0.2, 0.25) is 0 Å². The van der Waals surface area contributed by atoms with Crippen molar-refractivity contribution in [3.05, 3.63) is 35.9 Å². The van der Waals surface area contributed by atoms with Gasteiger partial charge in [-0.2, -0.15) is 0 Å². The van der Waals surface area contributed by atoms with Crippen molar-refractivity contribution in [3.8, 4) is 23.6 Å². The smallest absolute Gasteiger partial charge is 0.232 e. The summed E-state index contributed by atoms with van der Waals surface area (Å²) >= 11 is 0. The van der Waals surface area contributed by atoms with Crippen LogP contribution < -0.4 is 4.90 Å². The Labute approximate surface area is 185 Å². The first-order valence-corrected chi connectivity index (χ1v) is 11.4. The van der Waals surface area contributed by atoms with E-state index in [0.717, 1.165) is 54.6 Å². The summed E-state index contributed by atoms with van der Waals surface area (Å²) in [5, 5.41) is 15.0. The summed E-state index contributed by atoms with van der Waals surface area (Å²) < 4.78 is 11.3. The normalized spacial score (nSPS) is 18.3. The Balaban J connectivity index is 1.57. The second-order valence-corrected chi connectivity index (χ2v) is 8.88. The lowest BCUT2D eigenvalue weighted by molar-refractivity contribution is 0.0242. The van der Waals surface area contributed by atoms with Gasteiger partial charge in [0.15, 0.2) is 0 Å². The fourth-order valence-corrected chi connectivity index (χ4v) is 4.29. The highest BCUT2D eigenvalue weighted by molar-refractivity contribution is 5.68. The summed E-state index contributed by atoms with van der Waals surface area (Å²) in [5.41, 5.74) is 3.08. The molecule has 0 radical (unpaired) electrons. The Bertz CT molecular complexity index is 864. The van der Waals surface area contributed by atoms with Gasteiger partial charge in [0.2, 0.25) is 5.88 Å². The zero-order valence-electron chi connectivity index (χ0n) is 18.4. The van der Waals surface area contributed by atoms with Crippen LogP contribution in [0.4, 0.5) is 5.88 Å². The molecule has 1 aromatic carbocycles. The van der Waals surface area contributed by atoms with E-state index in [0.29, 0.717) is 19.1 Å². The zero-order valence-corrected chi connectivity index (χ0v) is 18.4. The van der Waals surface area contributed by atoms with Gasteiger partial charge in [-0.15, -0.1) is 6.42 Å². The number of anilines is 1. The number of aromatic nitrogens is 1. The van der Waals surface area contributed by atoms with Gasteiger partial charge < -0.3 is 19.3 Å². The van der Waals surface area contributed by atoms with E-state index in [1.807, 2.05) is 18.2 Å². The van der Waals surface area contributed by atoms with Crippen molar-refractivity contribution in [2.75, 3.05) is 37.7 Å². The fourth-order valence-electron chi connectivity index (χ4n) is 4.29. The van der Waals surface area contributed by atoms with Crippen LogP contribution in [0, 0.1) is 18.3 Å². The predicted octanol–water partition coefficient (Wildman–Crippen LogP) is 3.55. The Kier molecular flexibility index (Phi) is 7.29. The summed E-state index contributed by atoms with van der Waals surface area (Å²) in [6.07, 6.45) is 9.30. The molecule has 0 spiro atoms. The maximum atomic E-state index is 10.5. The molecule has 6 nitrogen and oxygen atoms in total. The fraction of sp³-hybridized carbons (Fsp3) is 0.560. The largest absolute Gasteiger partial charge is 0.389 e. The van der Waals surface area contributed by atoms with Gasteiger partial charge in [-0.25, -0.2) is 0 Å². The van der Waals surface area contributed by atoms with Crippen molar-refractivity contribution in [3.63, 3.8) is 0 Å². The number of aliphatic hydroxyl groups is 1. The molecule has 31 heavy (non-hydrogen) atoms. The minimum absolute atomic E-state index is 0.224. The number of nitrogens with zero attached hydrogens (tertiary/aromatic N) is 3. The van der Waals surface area contributed by atoms with E-state index >= 15 is 0 Å². The maximum Gasteiger partial charge on any atom is 0.232 e. The highest BCUT2D eigenvalue weighted by atomic mass is 16.5. The van der Waals surface area contributed by atoms with Gasteiger partial charge in [-0.1, -0.05) is 48.3 Å². The van der Waals surface area contributed by atoms with Gasteiger partial charge in [0.05, 0.1) is 18.3 Å². The summed E-state index contributed by atoms with van der Waals surface area (Å²) in [7, 11) is 0. The van der Waals surface area contributed by atoms with Crippen LogP contribution in [0.15, 0.2) is 34.9 Å². The highest BCUT2D eigenvalue weighted by Crippen LogP contribution is 2.37. The summed E-state index contributed by atoms with van der Waals surface area (Å²) in [4.78, 5) is 4.69. The van der Waals surface area contributed by atoms with Crippen molar-refractivity contribution >= 4 is 5.88 Å². The van der Waals surface area contributed by atoms with Crippen molar-refractivity contribution < 1.29 is 14.4 Å². The average Bonchev–Trinajstić information content (AvgIpc) is 3.55. The maximum absolute atomic E-state index is 10.5. The van der Waals surface area contributed by atoms with Gasteiger partial charge in [-0.05, 0) is 31.6 Å². The molecule has 1 aliphatic carbocycles. The van der Waals surface area contributed by atoms with Gasteiger partial charge in [0.1, 0.15) is 12.3 Å². The Hall–Kier alpha value is -2.33. The lowest BCUT2D eigenvalue weighted by Gasteiger charge is -2.31. The average molecular weight is 424 g/mol. The monoisotopic (exact) mass is 423 g/mol. The molecule has 0 bridgehead atoms. The number of hydrogen-bond acceptors (Lipinski definition) is 6. The first-order valence-electron chi connectivity index (χ1n) is 11.4. The van der Waals surface area contributed by atoms with Gasteiger partial charge >= 0.3 is 0 Å². The summed E-state index contributed by atoms with van der Waals surface area (Å²) in [6, 6.07) is 10.7. The van der Waals surface area contributed by atoms with E-state index in [1.54, 1.807) is 0 Å². The van der Waals surface area contributed by atoms with Crippen LogP contribution >= 0.6 is 0 Å². The van der Waals surface area contributed by atoms with Crippen molar-refractivity contribution in [1.82, 2.24) is 10.1 Å². The predicted molar refractivity (Wildman–Crippen MR) is 122 cm³/mol. The molecule has 1 saturated carbocycles. The molecule has 1 N–H and O–H groups in total. The van der Waals surface area contributed by atoms with Gasteiger partial charge in [-0.3, -0.25) is 4.90 Å². The number of ether oxygens (including phenoxy) is 1. The first kappa shape index (κ1) is 21.9. The van der Waals surface area contributed by atoms with Crippen molar-refractivity contribution in [2.45, 2.75) is 51.3 Å². The highest BCUT2D eigenvalue weighted by Gasteiger charge is 2.34. The molecule has 2 aromatic rings. The third-order valence-corrected chi connectivity index (χ3v) is 6.25. The van der Waals surface area contributed by atoms with E-state index in [4.69, 9.17) is 15.7 Å². The number of terminal acetylenes is 1. The molecule has 2 fully saturated rings. The quantitative estimate of drug-likeness (QED) is 0.466. The third kappa shape index (κ3) is 5.68. The number of rotatable bonds is 10. The molecule has 1 saturated heterocycles. The molecule has 2 heterocycles. The van der Waals surface area contributed by atoms with Gasteiger partial charge in [0.25, 0.3) is 0 Å². The third-order valence-electron chi connectivity index (χ3n) is 6.25. The minimum atomic E-state index is -0.576. The zero-order chi connectivity index (χ0) is 21.6. The molecule has 1 atom stereocenters. The Morgan fingerprint density at radius 2 is 2.00 bits per heavy atom. The Morgan fingerprint density at radius 1 is 1.26 bits per heavy atom. The molecule has 1 unspecified atom stereocenters. The van der Waals surface area contributed by atoms with Crippen molar-refractivity contribution in [2.24, 2.45) is 5.92 Å². The van der Waals surface area contributed by atoms with Crippen LogP contribution in [-0.2, 0) is 11.3 Å². The van der Waals surface area contributed by atoms with Gasteiger partial charge in [0, 0.05) is 37.8 Å². The van der Waals surface area contributed by atoms with Crippen LogP contribution in [0.5, 0.6) is 0 Å². The summed E-state index contributed by atoms with van der Waals surface area (Å²) in [5.74, 6) is 4.08. The second-order valence-electron chi connectivity index (χ2n) is 8.88. The number of hydrogen-bond donors (Lipinski definition) is 1. The second kappa shape index (κ2) is 10.3. The lowest BCUT2D eigenvalue weighted by Crippen LogP contribution is -2.37. The van der Waals surface area contributed by atoms with E-state index in [1.165, 1.54) is 12.8 Å². The molecule has 1 aliphatic heterocycles. The minimum Gasteiger partial charge on any atom is -0.389 e. The molecule has 166 valence electrons. The summed E-state index contributed by atoms with van der Waals surface area (Å²) in [6.45, 7) is 6.01. The molecular formula is C25H33N3O3.